The number of Topliss-reactive ketones (excluding diaryl/α,β-unsaturated/α-hetero) is 1. The van der Waals surface area contributed by atoms with E-state index in [1.54, 1.807) is 0 Å². The first-order valence-corrected chi connectivity index (χ1v) is 4.31. The summed E-state index contributed by atoms with van der Waals surface area (Å²) in [7, 11) is 0. The Balaban J connectivity index is 2.77. The molecule has 0 spiro atoms. The minimum absolute atomic E-state index is 0.0196. The van der Waals surface area contributed by atoms with Crippen molar-refractivity contribution in [2.45, 2.75) is 32.7 Å². The molecular formula is C8H13N3O2. The highest BCUT2D eigenvalue weighted by molar-refractivity contribution is 5.95. The highest BCUT2D eigenvalue weighted by Gasteiger charge is 2.20. The molecule has 1 aromatic rings. The zero-order chi connectivity index (χ0) is 9.84. The van der Waals surface area contributed by atoms with Crippen LogP contribution in [0.5, 0.6) is 0 Å². The lowest BCUT2D eigenvalue weighted by Crippen LogP contribution is -2.29. The second-order valence-corrected chi connectivity index (χ2v) is 2.75. The zero-order valence-corrected chi connectivity index (χ0v) is 7.78. The van der Waals surface area contributed by atoms with Gasteiger partial charge in [0, 0.05) is 6.42 Å². The lowest BCUT2D eigenvalue weighted by molar-refractivity contribution is 0.0916. The molecule has 13 heavy (non-hydrogen) atoms. The Kier molecular flexibility index (Phi) is 3.13. The van der Waals surface area contributed by atoms with Gasteiger partial charge in [-0.1, -0.05) is 19.0 Å². The topological polar surface area (TPSA) is 82.0 Å². The average Bonchev–Trinajstić information content (AvgIpc) is 2.63. The third kappa shape index (κ3) is 2.12. The van der Waals surface area contributed by atoms with Gasteiger partial charge < -0.3 is 10.3 Å². The molecule has 1 heterocycles. The predicted octanol–water partition coefficient (Wildman–Crippen LogP) is 0.552. The molecule has 0 aliphatic rings. The molecule has 0 fully saturated rings. The minimum atomic E-state index is -0.537. The third-order valence-electron chi connectivity index (χ3n) is 1.77. The molecule has 1 rings (SSSR count). The highest BCUT2D eigenvalue weighted by atomic mass is 16.5. The largest absolute Gasteiger partial charge is 0.331 e. The van der Waals surface area contributed by atoms with Crippen molar-refractivity contribution in [1.29, 1.82) is 0 Å². The van der Waals surface area contributed by atoms with Gasteiger partial charge in [0.25, 0.3) is 5.89 Å². The molecule has 1 atom stereocenters. The quantitative estimate of drug-likeness (QED) is 0.689. The van der Waals surface area contributed by atoms with Gasteiger partial charge in [0.2, 0.25) is 5.78 Å². The summed E-state index contributed by atoms with van der Waals surface area (Å²) < 4.78 is 4.75. The maximum absolute atomic E-state index is 11.4. The molecule has 0 aromatic carbocycles. The number of rotatable bonds is 4. The smallest absolute Gasteiger partial charge is 0.295 e. The van der Waals surface area contributed by atoms with E-state index in [4.69, 9.17) is 10.3 Å². The van der Waals surface area contributed by atoms with Crippen LogP contribution in [-0.4, -0.2) is 22.0 Å². The van der Waals surface area contributed by atoms with Crippen molar-refractivity contribution in [2.24, 2.45) is 5.73 Å². The van der Waals surface area contributed by atoms with Crippen molar-refractivity contribution in [1.82, 2.24) is 10.1 Å². The third-order valence-corrected chi connectivity index (χ3v) is 1.77. The van der Waals surface area contributed by atoms with Gasteiger partial charge in [0.15, 0.2) is 5.82 Å². The Bertz CT molecular complexity index is 295. The lowest BCUT2D eigenvalue weighted by atomic mass is 10.1. The van der Waals surface area contributed by atoms with Crippen molar-refractivity contribution < 1.29 is 9.32 Å². The SMILES string of the molecule is CCc1noc(C(=O)C(N)CC)n1. The fraction of sp³-hybridized carbons (Fsp3) is 0.625. The number of carbonyl (C=O) groups excluding carboxylic acids is 1. The zero-order valence-electron chi connectivity index (χ0n) is 7.78. The molecule has 2 N–H and O–H groups in total. The Morgan fingerprint density at radius 2 is 2.31 bits per heavy atom. The molecular weight excluding hydrogens is 170 g/mol. The molecule has 5 heteroatoms. The van der Waals surface area contributed by atoms with E-state index in [-0.39, 0.29) is 11.7 Å². The minimum Gasteiger partial charge on any atom is -0.331 e. The molecule has 0 radical (unpaired) electrons. The number of aryl methyl sites for hydroxylation is 1. The number of nitrogens with zero attached hydrogens (tertiary/aromatic N) is 2. The maximum Gasteiger partial charge on any atom is 0.295 e. The van der Waals surface area contributed by atoms with Gasteiger partial charge in [-0.05, 0) is 6.42 Å². The van der Waals surface area contributed by atoms with Crippen molar-refractivity contribution in [3.05, 3.63) is 11.7 Å². The van der Waals surface area contributed by atoms with Gasteiger partial charge in [-0.15, -0.1) is 0 Å². The molecule has 0 saturated heterocycles. The van der Waals surface area contributed by atoms with Crippen LogP contribution in [0.2, 0.25) is 0 Å². The summed E-state index contributed by atoms with van der Waals surface area (Å²) in [6.07, 6.45) is 1.22. The standard InChI is InChI=1S/C8H13N3O2/c1-3-5(9)7(12)8-10-6(4-2)11-13-8/h5H,3-4,9H2,1-2H3. The first kappa shape index (κ1) is 9.85. The Morgan fingerprint density at radius 1 is 1.62 bits per heavy atom. The van der Waals surface area contributed by atoms with Crippen LogP contribution in [0.15, 0.2) is 4.52 Å². The van der Waals surface area contributed by atoms with Crippen LogP contribution in [-0.2, 0) is 6.42 Å². The van der Waals surface area contributed by atoms with Gasteiger partial charge in [-0.2, -0.15) is 4.98 Å². The first-order chi connectivity index (χ1) is 6.19. The number of hydrogen-bond acceptors (Lipinski definition) is 5. The number of aromatic nitrogens is 2. The molecule has 5 nitrogen and oxygen atoms in total. The first-order valence-electron chi connectivity index (χ1n) is 4.31. The highest BCUT2D eigenvalue weighted by Crippen LogP contribution is 2.02. The number of hydrogen-bond donors (Lipinski definition) is 1. The lowest BCUT2D eigenvalue weighted by Gasteiger charge is -2.01. The van der Waals surface area contributed by atoms with Crippen molar-refractivity contribution >= 4 is 5.78 Å². The molecule has 0 saturated carbocycles. The van der Waals surface area contributed by atoms with Crippen LogP contribution in [0.4, 0.5) is 0 Å². The van der Waals surface area contributed by atoms with E-state index in [1.165, 1.54) is 0 Å². The summed E-state index contributed by atoms with van der Waals surface area (Å²) in [4.78, 5) is 15.3. The molecule has 0 amide bonds. The summed E-state index contributed by atoms with van der Waals surface area (Å²) in [5.74, 6) is 0.271. The molecule has 0 aliphatic carbocycles. The van der Waals surface area contributed by atoms with E-state index in [9.17, 15) is 4.79 Å². The van der Waals surface area contributed by atoms with Crippen LogP contribution in [0.3, 0.4) is 0 Å². The molecule has 0 bridgehead atoms. The Hall–Kier alpha value is -1.23. The van der Waals surface area contributed by atoms with Gasteiger partial charge >= 0.3 is 0 Å². The van der Waals surface area contributed by atoms with E-state index < -0.39 is 6.04 Å². The van der Waals surface area contributed by atoms with Gasteiger partial charge in [0.05, 0.1) is 6.04 Å². The van der Waals surface area contributed by atoms with E-state index in [1.807, 2.05) is 13.8 Å². The van der Waals surface area contributed by atoms with E-state index in [2.05, 4.69) is 10.1 Å². The van der Waals surface area contributed by atoms with Crippen molar-refractivity contribution in [3.63, 3.8) is 0 Å². The van der Waals surface area contributed by atoms with Gasteiger partial charge in [-0.25, -0.2) is 0 Å². The van der Waals surface area contributed by atoms with Gasteiger partial charge in [0.1, 0.15) is 0 Å². The van der Waals surface area contributed by atoms with E-state index >= 15 is 0 Å². The van der Waals surface area contributed by atoms with Crippen molar-refractivity contribution in [2.75, 3.05) is 0 Å². The fourth-order valence-electron chi connectivity index (χ4n) is 0.842. The summed E-state index contributed by atoms with van der Waals surface area (Å²) in [5, 5.41) is 3.61. The van der Waals surface area contributed by atoms with Crippen LogP contribution < -0.4 is 5.73 Å². The predicted molar refractivity (Wildman–Crippen MR) is 46.3 cm³/mol. The van der Waals surface area contributed by atoms with Crippen LogP contribution >= 0.6 is 0 Å². The molecule has 1 aromatic heterocycles. The Morgan fingerprint density at radius 3 is 2.77 bits per heavy atom. The molecule has 72 valence electrons. The summed E-state index contributed by atoms with van der Waals surface area (Å²) in [6, 6.07) is -0.537. The normalized spacial score (nSPS) is 12.8. The maximum atomic E-state index is 11.4. The molecule has 0 aliphatic heterocycles. The number of carbonyl (C=O) groups is 1. The van der Waals surface area contributed by atoms with Crippen LogP contribution in [0.25, 0.3) is 0 Å². The van der Waals surface area contributed by atoms with Crippen LogP contribution in [0.1, 0.15) is 36.8 Å². The molecule has 1 unspecified atom stereocenters. The summed E-state index contributed by atoms with van der Waals surface area (Å²) in [5.41, 5.74) is 5.52. The summed E-state index contributed by atoms with van der Waals surface area (Å²) in [6.45, 7) is 3.72. The monoisotopic (exact) mass is 183 g/mol. The Labute approximate surface area is 76.3 Å². The van der Waals surface area contributed by atoms with E-state index in [0.717, 1.165) is 0 Å². The second-order valence-electron chi connectivity index (χ2n) is 2.75. The van der Waals surface area contributed by atoms with E-state index in [0.29, 0.717) is 18.7 Å². The van der Waals surface area contributed by atoms with Crippen molar-refractivity contribution in [3.8, 4) is 0 Å². The second kappa shape index (κ2) is 4.13. The summed E-state index contributed by atoms with van der Waals surface area (Å²) >= 11 is 0. The number of nitrogens with two attached hydrogens (primary N) is 1. The average molecular weight is 183 g/mol. The fourth-order valence-corrected chi connectivity index (χ4v) is 0.842. The van der Waals surface area contributed by atoms with Gasteiger partial charge in [-0.3, -0.25) is 4.79 Å². The number of ketones is 1. The van der Waals surface area contributed by atoms with Crippen LogP contribution in [0, 0.1) is 0 Å².